The molecule has 0 bridgehead atoms. The molecule has 1 amide bonds. The van der Waals surface area contributed by atoms with Crippen LogP contribution in [-0.4, -0.2) is 18.8 Å². The lowest BCUT2D eigenvalue weighted by atomic mass is 10.2. The van der Waals surface area contributed by atoms with E-state index in [2.05, 4.69) is 5.32 Å². The molecule has 0 aromatic heterocycles. The second kappa shape index (κ2) is 5.93. The van der Waals surface area contributed by atoms with Crippen molar-refractivity contribution in [3.63, 3.8) is 0 Å². The highest BCUT2D eigenvalue weighted by Gasteiger charge is 2.18. The molecule has 1 heterocycles. The lowest BCUT2D eigenvalue weighted by molar-refractivity contribution is -0.122. The maximum Gasteiger partial charge on any atom is 0.265 e. The Hall–Kier alpha value is -2.76. The first-order valence-corrected chi connectivity index (χ1v) is 6.75. The Labute approximate surface area is 126 Å². The lowest BCUT2D eigenvalue weighted by Crippen LogP contribution is -2.30. The van der Waals surface area contributed by atoms with E-state index in [1.54, 1.807) is 37.3 Å². The molecule has 0 unspecified atom stereocenters. The van der Waals surface area contributed by atoms with Crippen LogP contribution in [-0.2, 0) is 4.79 Å². The van der Waals surface area contributed by atoms with Crippen molar-refractivity contribution in [2.45, 2.75) is 13.0 Å². The summed E-state index contributed by atoms with van der Waals surface area (Å²) in [6, 6.07) is 11.0. The summed E-state index contributed by atoms with van der Waals surface area (Å²) in [4.78, 5) is 12.1. The number of nitrogens with one attached hydrogen (secondary N) is 1. The van der Waals surface area contributed by atoms with Crippen molar-refractivity contribution >= 4 is 11.6 Å². The molecule has 2 aromatic carbocycles. The predicted octanol–water partition coefficient (Wildman–Crippen LogP) is 2.96. The average Bonchev–Trinajstić information content (AvgIpc) is 2.97. The maximum absolute atomic E-state index is 13.5. The fourth-order valence-electron chi connectivity index (χ4n) is 2.00. The Kier molecular flexibility index (Phi) is 3.82. The summed E-state index contributed by atoms with van der Waals surface area (Å²) in [7, 11) is 0. The van der Waals surface area contributed by atoms with E-state index in [4.69, 9.17) is 14.2 Å². The molecule has 114 valence electrons. The van der Waals surface area contributed by atoms with Gasteiger partial charge in [-0.1, -0.05) is 12.1 Å². The average molecular weight is 303 g/mol. The van der Waals surface area contributed by atoms with E-state index in [-0.39, 0.29) is 18.4 Å². The van der Waals surface area contributed by atoms with Gasteiger partial charge in [0.1, 0.15) is 0 Å². The van der Waals surface area contributed by atoms with Crippen LogP contribution in [0.3, 0.4) is 0 Å². The van der Waals surface area contributed by atoms with Crippen LogP contribution in [0.1, 0.15) is 6.92 Å². The maximum atomic E-state index is 13.5. The van der Waals surface area contributed by atoms with Crippen molar-refractivity contribution in [2.24, 2.45) is 0 Å². The highest BCUT2D eigenvalue weighted by atomic mass is 19.1. The van der Waals surface area contributed by atoms with Crippen molar-refractivity contribution in [1.82, 2.24) is 0 Å². The zero-order chi connectivity index (χ0) is 15.5. The Morgan fingerprint density at radius 1 is 1.23 bits per heavy atom. The predicted molar refractivity (Wildman–Crippen MR) is 77.7 cm³/mol. The first kappa shape index (κ1) is 14.2. The topological polar surface area (TPSA) is 56.8 Å². The van der Waals surface area contributed by atoms with Crippen LogP contribution in [0.15, 0.2) is 42.5 Å². The molecule has 0 spiro atoms. The number of amides is 1. The number of carbonyl (C=O) groups excluding carboxylic acids is 1. The van der Waals surface area contributed by atoms with Gasteiger partial charge >= 0.3 is 0 Å². The number of hydrogen-bond acceptors (Lipinski definition) is 4. The van der Waals surface area contributed by atoms with Crippen molar-refractivity contribution in [3.8, 4) is 17.2 Å². The van der Waals surface area contributed by atoms with Gasteiger partial charge in [-0.05, 0) is 31.2 Å². The van der Waals surface area contributed by atoms with Crippen LogP contribution >= 0.6 is 0 Å². The van der Waals surface area contributed by atoms with Crippen LogP contribution < -0.4 is 19.5 Å². The quantitative estimate of drug-likeness (QED) is 0.943. The van der Waals surface area contributed by atoms with E-state index in [1.807, 2.05) is 0 Å². The van der Waals surface area contributed by atoms with Crippen molar-refractivity contribution < 1.29 is 23.4 Å². The molecule has 22 heavy (non-hydrogen) atoms. The highest BCUT2D eigenvalue weighted by Crippen LogP contribution is 2.34. The van der Waals surface area contributed by atoms with Crippen LogP contribution in [0.4, 0.5) is 10.1 Å². The molecular weight excluding hydrogens is 289 g/mol. The van der Waals surface area contributed by atoms with Gasteiger partial charge in [-0.25, -0.2) is 4.39 Å². The number of para-hydroxylation sites is 1. The number of rotatable bonds is 4. The molecule has 5 nitrogen and oxygen atoms in total. The number of ether oxygens (including phenoxy) is 3. The zero-order valence-electron chi connectivity index (χ0n) is 11.8. The molecule has 1 N–H and O–H groups in total. The SMILES string of the molecule is C[C@@H](Oc1ccccc1F)C(=O)Nc1ccc2c(c1)OCO2. The first-order valence-electron chi connectivity index (χ1n) is 6.75. The third-order valence-electron chi connectivity index (χ3n) is 3.15. The molecule has 6 heteroatoms. The van der Waals surface area contributed by atoms with Gasteiger partial charge in [0.25, 0.3) is 5.91 Å². The summed E-state index contributed by atoms with van der Waals surface area (Å²) in [6.07, 6.45) is -0.845. The highest BCUT2D eigenvalue weighted by molar-refractivity contribution is 5.94. The lowest BCUT2D eigenvalue weighted by Gasteiger charge is -2.15. The van der Waals surface area contributed by atoms with E-state index >= 15 is 0 Å². The summed E-state index contributed by atoms with van der Waals surface area (Å²) in [5.41, 5.74) is 0.554. The van der Waals surface area contributed by atoms with E-state index in [1.165, 1.54) is 12.1 Å². The molecule has 2 aromatic rings. The summed E-state index contributed by atoms with van der Waals surface area (Å²) >= 11 is 0. The summed E-state index contributed by atoms with van der Waals surface area (Å²) in [6.45, 7) is 1.72. The van der Waals surface area contributed by atoms with Crippen LogP contribution in [0.25, 0.3) is 0 Å². The van der Waals surface area contributed by atoms with Crippen LogP contribution in [0, 0.1) is 5.82 Å². The monoisotopic (exact) mass is 303 g/mol. The zero-order valence-corrected chi connectivity index (χ0v) is 11.8. The van der Waals surface area contributed by atoms with Crippen LogP contribution in [0.2, 0.25) is 0 Å². The second-order valence-corrected chi connectivity index (χ2v) is 4.75. The summed E-state index contributed by atoms with van der Waals surface area (Å²) < 4.78 is 29.3. The van der Waals surface area contributed by atoms with Gasteiger partial charge in [-0.2, -0.15) is 0 Å². The fourth-order valence-corrected chi connectivity index (χ4v) is 2.00. The number of halogens is 1. The minimum absolute atomic E-state index is 0.0378. The number of benzene rings is 2. The number of carbonyl (C=O) groups is 1. The molecule has 0 aliphatic carbocycles. The Morgan fingerprint density at radius 2 is 2.00 bits per heavy atom. The van der Waals surface area contributed by atoms with Gasteiger partial charge < -0.3 is 19.5 Å². The van der Waals surface area contributed by atoms with Crippen molar-refractivity contribution in [1.29, 1.82) is 0 Å². The van der Waals surface area contributed by atoms with Crippen molar-refractivity contribution in [3.05, 3.63) is 48.3 Å². The Morgan fingerprint density at radius 3 is 2.82 bits per heavy atom. The smallest absolute Gasteiger partial charge is 0.265 e. The molecule has 1 atom stereocenters. The molecular formula is C16H14FNO4. The largest absolute Gasteiger partial charge is 0.478 e. The number of hydrogen-bond donors (Lipinski definition) is 1. The molecule has 0 fully saturated rings. The number of fused-ring (bicyclic) bond motifs is 1. The standard InChI is InChI=1S/C16H14FNO4/c1-10(22-13-5-3-2-4-12(13)17)16(19)18-11-6-7-14-15(8-11)21-9-20-14/h2-8,10H,9H2,1H3,(H,18,19)/t10-/m1/s1. The molecule has 0 saturated heterocycles. The van der Waals surface area contributed by atoms with Gasteiger partial charge in [0, 0.05) is 11.8 Å². The second-order valence-electron chi connectivity index (χ2n) is 4.75. The van der Waals surface area contributed by atoms with E-state index in [9.17, 15) is 9.18 Å². The molecule has 3 rings (SSSR count). The van der Waals surface area contributed by atoms with Gasteiger partial charge in [-0.15, -0.1) is 0 Å². The summed E-state index contributed by atoms with van der Waals surface area (Å²) in [5, 5.41) is 2.69. The normalized spacial score (nSPS) is 13.5. The van der Waals surface area contributed by atoms with Crippen LogP contribution in [0.5, 0.6) is 17.2 Å². The van der Waals surface area contributed by atoms with Gasteiger partial charge in [0.05, 0.1) is 0 Å². The molecule has 1 aliphatic rings. The van der Waals surface area contributed by atoms with Gasteiger partial charge in [-0.3, -0.25) is 4.79 Å². The fraction of sp³-hybridized carbons (Fsp3) is 0.188. The molecule has 1 aliphatic heterocycles. The van der Waals surface area contributed by atoms with Crippen molar-refractivity contribution in [2.75, 3.05) is 12.1 Å². The van der Waals surface area contributed by atoms with E-state index in [0.29, 0.717) is 17.2 Å². The van der Waals surface area contributed by atoms with E-state index < -0.39 is 11.9 Å². The molecule has 0 saturated carbocycles. The summed E-state index contributed by atoms with van der Waals surface area (Å²) in [5.74, 6) is 0.345. The van der Waals surface area contributed by atoms with Gasteiger partial charge in [0.2, 0.25) is 6.79 Å². The third-order valence-corrected chi connectivity index (χ3v) is 3.15. The van der Waals surface area contributed by atoms with E-state index in [0.717, 1.165) is 0 Å². The van der Waals surface area contributed by atoms with Gasteiger partial charge in [0.15, 0.2) is 29.2 Å². The number of anilines is 1. The Balaban J connectivity index is 1.65. The minimum atomic E-state index is -0.845. The first-order chi connectivity index (χ1) is 10.6. The minimum Gasteiger partial charge on any atom is -0.478 e. The Bertz CT molecular complexity index is 704. The third kappa shape index (κ3) is 2.95. The molecule has 0 radical (unpaired) electrons.